The molecule has 1 heterocycles. The van der Waals surface area contributed by atoms with Crippen molar-refractivity contribution in [3.63, 3.8) is 0 Å². The number of piperazine rings is 1. The average molecular weight is 354 g/mol. The Bertz CT molecular complexity index is 648. The number of benzene rings is 1. The third-order valence-corrected chi connectivity index (χ3v) is 5.09. The summed E-state index contributed by atoms with van der Waals surface area (Å²) >= 11 is 0. The molecule has 0 radical (unpaired) electrons. The molecule has 2 atom stereocenters. The monoisotopic (exact) mass is 354 g/mol. The Morgan fingerprint density at radius 1 is 1.21 bits per heavy atom. The van der Waals surface area contributed by atoms with E-state index in [1.165, 1.54) is 18.4 Å². The van der Waals surface area contributed by atoms with Gasteiger partial charge in [0.2, 0.25) is 5.91 Å². The number of nitrogens with zero attached hydrogens (tertiary/aromatic N) is 1. The van der Waals surface area contributed by atoms with E-state index in [1.54, 1.807) is 12.1 Å². The minimum absolute atomic E-state index is 0.159. The van der Waals surface area contributed by atoms with Crippen LogP contribution in [0.5, 0.6) is 5.75 Å². The van der Waals surface area contributed by atoms with Gasteiger partial charge < -0.3 is 15.0 Å². The molecule has 1 aliphatic heterocycles. The van der Waals surface area contributed by atoms with Crippen molar-refractivity contribution in [3.8, 4) is 5.75 Å². The van der Waals surface area contributed by atoms with Gasteiger partial charge in [-0.15, -0.1) is 0 Å². The molecule has 6 nitrogen and oxygen atoms in total. The first-order valence-electron chi connectivity index (χ1n) is 8.22. The van der Waals surface area contributed by atoms with Crippen LogP contribution >= 0.6 is 0 Å². The standard InChI is InChI=1S/C17H26N2O4S/c1-13-11-19(12-14(2)18-13)17(20)5-4-10-23-15-6-8-16(9-7-15)24(3,21)22/h6-9,13-14,18H,4-5,10-12H2,1-3H3/t13-,14-/m0/s1. The summed E-state index contributed by atoms with van der Waals surface area (Å²) < 4.78 is 28.4. The summed E-state index contributed by atoms with van der Waals surface area (Å²) in [5.41, 5.74) is 0. The molecule has 1 amide bonds. The Balaban J connectivity index is 1.73. The van der Waals surface area contributed by atoms with Crippen molar-refractivity contribution in [2.45, 2.75) is 43.7 Å². The smallest absolute Gasteiger partial charge is 0.222 e. The number of carbonyl (C=O) groups is 1. The first-order chi connectivity index (χ1) is 11.3. The fourth-order valence-corrected chi connectivity index (χ4v) is 3.52. The molecule has 0 saturated carbocycles. The summed E-state index contributed by atoms with van der Waals surface area (Å²) in [6.07, 6.45) is 2.27. The topological polar surface area (TPSA) is 75.7 Å². The summed E-state index contributed by atoms with van der Waals surface area (Å²) in [6.45, 7) is 6.09. The molecule has 1 saturated heterocycles. The van der Waals surface area contributed by atoms with Crippen LogP contribution in [-0.4, -0.2) is 57.3 Å². The summed E-state index contributed by atoms with van der Waals surface area (Å²) in [7, 11) is -3.19. The molecule has 0 bridgehead atoms. The van der Waals surface area contributed by atoms with Crippen molar-refractivity contribution in [2.24, 2.45) is 0 Å². The molecule has 0 aliphatic carbocycles. The normalized spacial score (nSPS) is 21.5. The average Bonchev–Trinajstić information content (AvgIpc) is 2.50. The Kier molecular flexibility index (Phi) is 6.23. The lowest BCUT2D eigenvalue weighted by Gasteiger charge is -2.36. The van der Waals surface area contributed by atoms with Crippen molar-refractivity contribution in [1.29, 1.82) is 0 Å². The molecule has 1 N–H and O–H groups in total. The predicted octanol–water partition coefficient (Wildman–Crippen LogP) is 1.46. The highest BCUT2D eigenvalue weighted by Crippen LogP contribution is 2.16. The number of sulfone groups is 1. The highest BCUT2D eigenvalue weighted by atomic mass is 32.2. The van der Waals surface area contributed by atoms with Crippen molar-refractivity contribution in [3.05, 3.63) is 24.3 Å². The Hall–Kier alpha value is -1.60. The summed E-state index contributed by atoms with van der Waals surface area (Å²) in [4.78, 5) is 14.4. The number of nitrogens with one attached hydrogen (secondary N) is 1. The lowest BCUT2D eigenvalue weighted by molar-refractivity contribution is -0.133. The molecule has 1 aromatic carbocycles. The van der Waals surface area contributed by atoms with Crippen LogP contribution in [0, 0.1) is 0 Å². The number of carbonyl (C=O) groups excluding carboxylic acids is 1. The van der Waals surface area contributed by atoms with Gasteiger partial charge >= 0.3 is 0 Å². The van der Waals surface area contributed by atoms with E-state index in [0.29, 0.717) is 37.3 Å². The van der Waals surface area contributed by atoms with Crippen LogP contribution in [0.3, 0.4) is 0 Å². The van der Waals surface area contributed by atoms with Gasteiger partial charge in [0, 0.05) is 37.8 Å². The van der Waals surface area contributed by atoms with Gasteiger partial charge in [-0.3, -0.25) is 4.79 Å². The largest absolute Gasteiger partial charge is 0.494 e. The number of hydrogen-bond acceptors (Lipinski definition) is 5. The van der Waals surface area contributed by atoms with E-state index >= 15 is 0 Å². The molecule has 1 aromatic rings. The maximum Gasteiger partial charge on any atom is 0.222 e. The first kappa shape index (κ1) is 18.7. The van der Waals surface area contributed by atoms with E-state index < -0.39 is 9.84 Å². The Labute approximate surface area is 144 Å². The molecule has 7 heteroatoms. The van der Waals surface area contributed by atoms with Crippen LogP contribution in [0.15, 0.2) is 29.2 Å². The van der Waals surface area contributed by atoms with Gasteiger partial charge in [-0.05, 0) is 44.5 Å². The van der Waals surface area contributed by atoms with E-state index in [1.807, 2.05) is 4.90 Å². The van der Waals surface area contributed by atoms with Crippen molar-refractivity contribution in [1.82, 2.24) is 10.2 Å². The molecular formula is C17H26N2O4S. The van der Waals surface area contributed by atoms with Gasteiger partial charge in [-0.1, -0.05) is 0 Å². The molecule has 1 aliphatic rings. The lowest BCUT2D eigenvalue weighted by Crippen LogP contribution is -2.55. The minimum atomic E-state index is -3.19. The van der Waals surface area contributed by atoms with E-state index in [-0.39, 0.29) is 10.8 Å². The third-order valence-electron chi connectivity index (χ3n) is 3.97. The third kappa shape index (κ3) is 5.49. The number of hydrogen-bond donors (Lipinski definition) is 1. The van der Waals surface area contributed by atoms with Crippen LogP contribution in [0.25, 0.3) is 0 Å². The SMILES string of the molecule is C[C@H]1CN(C(=O)CCCOc2ccc(S(C)(=O)=O)cc2)C[C@H](C)N1. The zero-order valence-electron chi connectivity index (χ0n) is 14.5. The molecule has 0 aromatic heterocycles. The number of rotatable bonds is 6. The van der Waals surface area contributed by atoms with Gasteiger partial charge in [-0.25, -0.2) is 8.42 Å². The van der Waals surface area contributed by atoms with Gasteiger partial charge in [-0.2, -0.15) is 0 Å². The van der Waals surface area contributed by atoms with Gasteiger partial charge in [0.25, 0.3) is 0 Å². The van der Waals surface area contributed by atoms with E-state index in [0.717, 1.165) is 13.1 Å². The Morgan fingerprint density at radius 2 is 1.79 bits per heavy atom. The number of ether oxygens (including phenoxy) is 1. The molecular weight excluding hydrogens is 328 g/mol. The van der Waals surface area contributed by atoms with Crippen LogP contribution < -0.4 is 10.1 Å². The van der Waals surface area contributed by atoms with Gasteiger partial charge in [0.1, 0.15) is 5.75 Å². The van der Waals surface area contributed by atoms with Crippen molar-refractivity contribution >= 4 is 15.7 Å². The summed E-state index contributed by atoms with van der Waals surface area (Å²) in [5.74, 6) is 0.769. The second-order valence-electron chi connectivity index (χ2n) is 6.46. The van der Waals surface area contributed by atoms with E-state index in [9.17, 15) is 13.2 Å². The second kappa shape index (κ2) is 7.98. The molecule has 1 fully saturated rings. The molecule has 2 rings (SSSR count). The fraction of sp³-hybridized carbons (Fsp3) is 0.588. The number of amides is 1. The van der Waals surface area contributed by atoms with E-state index in [4.69, 9.17) is 4.74 Å². The maximum atomic E-state index is 12.2. The lowest BCUT2D eigenvalue weighted by atomic mass is 10.1. The van der Waals surface area contributed by atoms with Gasteiger partial charge in [0.15, 0.2) is 9.84 Å². The zero-order chi connectivity index (χ0) is 17.7. The van der Waals surface area contributed by atoms with Crippen molar-refractivity contribution in [2.75, 3.05) is 26.0 Å². The molecule has 24 heavy (non-hydrogen) atoms. The zero-order valence-corrected chi connectivity index (χ0v) is 15.3. The van der Waals surface area contributed by atoms with Crippen LogP contribution in [0.1, 0.15) is 26.7 Å². The van der Waals surface area contributed by atoms with Crippen LogP contribution in [0.2, 0.25) is 0 Å². The second-order valence-corrected chi connectivity index (χ2v) is 8.48. The quantitative estimate of drug-likeness (QED) is 0.783. The fourth-order valence-electron chi connectivity index (χ4n) is 2.89. The highest BCUT2D eigenvalue weighted by Gasteiger charge is 2.24. The maximum absolute atomic E-state index is 12.2. The highest BCUT2D eigenvalue weighted by molar-refractivity contribution is 7.90. The molecule has 0 spiro atoms. The predicted molar refractivity (Wildman–Crippen MR) is 92.9 cm³/mol. The van der Waals surface area contributed by atoms with Crippen LogP contribution in [0.4, 0.5) is 0 Å². The molecule has 134 valence electrons. The van der Waals surface area contributed by atoms with E-state index in [2.05, 4.69) is 19.2 Å². The van der Waals surface area contributed by atoms with Crippen molar-refractivity contribution < 1.29 is 17.9 Å². The van der Waals surface area contributed by atoms with Crippen LogP contribution in [-0.2, 0) is 14.6 Å². The minimum Gasteiger partial charge on any atom is -0.494 e. The Morgan fingerprint density at radius 3 is 2.33 bits per heavy atom. The van der Waals surface area contributed by atoms with Gasteiger partial charge in [0.05, 0.1) is 11.5 Å². The first-order valence-corrected chi connectivity index (χ1v) is 10.1. The summed E-state index contributed by atoms with van der Waals surface area (Å²) in [6, 6.07) is 6.97. The molecule has 0 unspecified atom stereocenters. The summed E-state index contributed by atoms with van der Waals surface area (Å²) in [5, 5.41) is 3.41.